The molecule has 1 aliphatic rings. The maximum atomic E-state index is 13.4. The molecule has 31 heavy (non-hydrogen) atoms. The second-order valence-electron chi connectivity index (χ2n) is 7.75. The highest BCUT2D eigenvalue weighted by molar-refractivity contribution is 6.32. The van der Waals surface area contributed by atoms with Gasteiger partial charge < -0.3 is 4.98 Å². The monoisotopic (exact) mass is 426 g/mol. The summed E-state index contributed by atoms with van der Waals surface area (Å²) in [6.07, 6.45) is 3.29. The van der Waals surface area contributed by atoms with Crippen molar-refractivity contribution < 1.29 is 0 Å². The standard InChI is InChI=1S/C26H19ClN2O2/c27-21-16-18(13-12-17-6-2-1-3-7-17)14-15-23(21)29-25(30)24-20(19-8-4-9-19)10-5-11-22(24)28-26(29)31/h1-3,5-7,10-11,14-16,19H,4,8-9H2,(H,28,31). The number of nitrogens with one attached hydrogen (secondary N) is 1. The topological polar surface area (TPSA) is 54.9 Å². The van der Waals surface area contributed by atoms with Crippen LogP contribution < -0.4 is 11.2 Å². The number of fused-ring (bicyclic) bond motifs is 1. The van der Waals surface area contributed by atoms with Gasteiger partial charge in [0.25, 0.3) is 5.56 Å². The Hall–Kier alpha value is -3.55. The zero-order chi connectivity index (χ0) is 21.4. The van der Waals surface area contributed by atoms with E-state index in [0.29, 0.717) is 33.1 Å². The van der Waals surface area contributed by atoms with Crippen molar-refractivity contribution in [1.82, 2.24) is 9.55 Å². The van der Waals surface area contributed by atoms with Crippen LogP contribution in [0.4, 0.5) is 0 Å². The van der Waals surface area contributed by atoms with Crippen LogP contribution in [0.3, 0.4) is 0 Å². The summed E-state index contributed by atoms with van der Waals surface area (Å²) in [5.74, 6) is 6.52. The Morgan fingerprint density at radius 2 is 1.68 bits per heavy atom. The molecule has 0 saturated heterocycles. The molecule has 0 atom stereocenters. The average molecular weight is 427 g/mol. The summed E-state index contributed by atoms with van der Waals surface area (Å²) in [7, 11) is 0. The van der Waals surface area contributed by atoms with E-state index in [0.717, 1.165) is 35.0 Å². The lowest BCUT2D eigenvalue weighted by Crippen LogP contribution is -2.34. The van der Waals surface area contributed by atoms with Gasteiger partial charge in [-0.05, 0) is 60.7 Å². The number of benzene rings is 3. The molecular formula is C26H19ClN2O2. The van der Waals surface area contributed by atoms with Crippen molar-refractivity contribution in [3.8, 4) is 17.5 Å². The molecule has 0 radical (unpaired) electrons. The van der Waals surface area contributed by atoms with Gasteiger partial charge in [0, 0.05) is 11.1 Å². The van der Waals surface area contributed by atoms with Crippen molar-refractivity contribution in [3.63, 3.8) is 0 Å². The van der Waals surface area contributed by atoms with Crippen molar-refractivity contribution >= 4 is 22.5 Å². The van der Waals surface area contributed by atoms with Crippen molar-refractivity contribution in [3.05, 3.63) is 109 Å². The van der Waals surface area contributed by atoms with Crippen LogP contribution in [0.5, 0.6) is 0 Å². The Balaban J connectivity index is 1.62. The number of nitrogens with zero attached hydrogens (tertiary/aromatic N) is 1. The largest absolute Gasteiger partial charge is 0.333 e. The molecule has 4 aromatic rings. The Labute approximate surface area is 184 Å². The minimum absolute atomic E-state index is 0.299. The van der Waals surface area contributed by atoms with Gasteiger partial charge in [-0.2, -0.15) is 0 Å². The highest BCUT2D eigenvalue weighted by Crippen LogP contribution is 2.38. The Bertz CT molecular complexity index is 1470. The maximum Gasteiger partial charge on any atom is 0.333 e. The highest BCUT2D eigenvalue weighted by Gasteiger charge is 2.24. The van der Waals surface area contributed by atoms with E-state index in [1.165, 1.54) is 0 Å². The molecule has 1 heterocycles. The average Bonchev–Trinajstić information content (AvgIpc) is 2.73. The highest BCUT2D eigenvalue weighted by atomic mass is 35.5. The van der Waals surface area contributed by atoms with Crippen molar-refractivity contribution in [2.45, 2.75) is 25.2 Å². The van der Waals surface area contributed by atoms with E-state index in [4.69, 9.17) is 11.6 Å². The number of H-pyrrole nitrogens is 1. The molecule has 4 nitrogen and oxygen atoms in total. The molecule has 5 heteroatoms. The first-order valence-corrected chi connectivity index (χ1v) is 10.6. The van der Waals surface area contributed by atoms with Gasteiger partial charge in [-0.15, -0.1) is 0 Å². The lowest BCUT2D eigenvalue weighted by Gasteiger charge is -2.26. The summed E-state index contributed by atoms with van der Waals surface area (Å²) in [6.45, 7) is 0. The first-order valence-electron chi connectivity index (χ1n) is 10.3. The molecule has 1 fully saturated rings. The first kappa shape index (κ1) is 19.4. The summed E-state index contributed by atoms with van der Waals surface area (Å²) >= 11 is 6.50. The van der Waals surface area contributed by atoms with E-state index in [9.17, 15) is 9.59 Å². The normalized spacial score (nSPS) is 13.5. The molecule has 0 unspecified atom stereocenters. The lowest BCUT2D eigenvalue weighted by atomic mass is 9.79. The molecular weight excluding hydrogens is 408 g/mol. The Morgan fingerprint density at radius 3 is 2.39 bits per heavy atom. The van der Waals surface area contributed by atoms with E-state index in [2.05, 4.69) is 16.8 Å². The van der Waals surface area contributed by atoms with Gasteiger partial charge in [-0.1, -0.05) is 60.2 Å². The third-order valence-corrected chi connectivity index (χ3v) is 6.12. The van der Waals surface area contributed by atoms with E-state index in [1.54, 1.807) is 24.3 Å². The Morgan fingerprint density at radius 1 is 0.903 bits per heavy atom. The molecule has 1 saturated carbocycles. The second kappa shape index (κ2) is 7.94. The second-order valence-corrected chi connectivity index (χ2v) is 8.16. The molecule has 1 aliphatic carbocycles. The minimum Gasteiger partial charge on any atom is -0.306 e. The molecule has 0 aliphatic heterocycles. The fourth-order valence-corrected chi connectivity index (χ4v) is 4.26. The smallest absolute Gasteiger partial charge is 0.306 e. The van der Waals surface area contributed by atoms with Crippen LogP contribution in [0.1, 0.15) is 41.9 Å². The third-order valence-electron chi connectivity index (χ3n) is 5.82. The van der Waals surface area contributed by atoms with E-state index < -0.39 is 5.69 Å². The Kier molecular flexibility index (Phi) is 4.97. The molecule has 3 aromatic carbocycles. The van der Waals surface area contributed by atoms with E-state index in [-0.39, 0.29) is 5.56 Å². The number of hydrogen-bond acceptors (Lipinski definition) is 2. The summed E-state index contributed by atoms with van der Waals surface area (Å²) in [4.78, 5) is 29.1. The zero-order valence-corrected chi connectivity index (χ0v) is 17.4. The quantitative estimate of drug-likeness (QED) is 0.458. The summed E-state index contributed by atoms with van der Waals surface area (Å²) in [5.41, 5.74) is 2.67. The molecule has 152 valence electrons. The number of rotatable bonds is 2. The van der Waals surface area contributed by atoms with Gasteiger partial charge in [-0.3, -0.25) is 4.79 Å². The fraction of sp³-hybridized carbons (Fsp3) is 0.154. The van der Waals surface area contributed by atoms with Crippen LogP contribution in [-0.4, -0.2) is 9.55 Å². The number of halogens is 1. The van der Waals surface area contributed by atoms with Crippen LogP contribution in [0, 0.1) is 11.8 Å². The van der Waals surface area contributed by atoms with Crippen LogP contribution in [0.15, 0.2) is 76.3 Å². The predicted octanol–water partition coefficient (Wildman–Crippen LogP) is 5.00. The van der Waals surface area contributed by atoms with Crippen molar-refractivity contribution in [2.24, 2.45) is 0 Å². The molecule has 0 spiro atoms. The number of aromatic amines is 1. The summed E-state index contributed by atoms with van der Waals surface area (Å²) in [6, 6.07) is 20.4. The van der Waals surface area contributed by atoms with Crippen molar-refractivity contribution in [2.75, 3.05) is 0 Å². The fourth-order valence-electron chi connectivity index (χ4n) is 4.00. The van der Waals surface area contributed by atoms with Gasteiger partial charge in [0.05, 0.1) is 21.6 Å². The molecule has 1 aromatic heterocycles. The van der Waals surface area contributed by atoms with Gasteiger partial charge in [0.1, 0.15) is 0 Å². The lowest BCUT2D eigenvalue weighted by molar-refractivity contribution is 0.422. The predicted molar refractivity (Wildman–Crippen MR) is 124 cm³/mol. The number of hydrogen-bond donors (Lipinski definition) is 1. The molecule has 0 bridgehead atoms. The third kappa shape index (κ3) is 3.58. The van der Waals surface area contributed by atoms with Crippen LogP contribution in [0.2, 0.25) is 5.02 Å². The summed E-state index contributed by atoms with van der Waals surface area (Å²) < 4.78 is 1.13. The van der Waals surface area contributed by atoms with E-state index in [1.807, 2.05) is 42.5 Å². The van der Waals surface area contributed by atoms with Crippen LogP contribution >= 0.6 is 11.6 Å². The molecule has 5 rings (SSSR count). The van der Waals surface area contributed by atoms with Crippen molar-refractivity contribution in [1.29, 1.82) is 0 Å². The van der Waals surface area contributed by atoms with Crippen LogP contribution in [-0.2, 0) is 0 Å². The van der Waals surface area contributed by atoms with Gasteiger partial charge >= 0.3 is 5.69 Å². The molecule has 0 amide bonds. The van der Waals surface area contributed by atoms with E-state index >= 15 is 0 Å². The first-order chi connectivity index (χ1) is 15.1. The summed E-state index contributed by atoms with van der Waals surface area (Å²) in [5, 5.41) is 0.865. The van der Waals surface area contributed by atoms with Gasteiger partial charge in [0.2, 0.25) is 0 Å². The van der Waals surface area contributed by atoms with Gasteiger partial charge in [0.15, 0.2) is 0 Å². The van der Waals surface area contributed by atoms with Gasteiger partial charge in [-0.25, -0.2) is 9.36 Å². The number of aromatic nitrogens is 2. The maximum absolute atomic E-state index is 13.4. The zero-order valence-electron chi connectivity index (χ0n) is 16.7. The minimum atomic E-state index is -0.506. The molecule has 1 N–H and O–H groups in total. The SMILES string of the molecule is O=c1[nH]c2cccc(C3CCC3)c2c(=O)n1-c1ccc(C#Cc2ccccc2)cc1Cl. The van der Waals surface area contributed by atoms with Crippen LogP contribution in [0.25, 0.3) is 16.6 Å².